The maximum atomic E-state index is 12.7. The summed E-state index contributed by atoms with van der Waals surface area (Å²) in [5.74, 6) is -0.834. The van der Waals surface area contributed by atoms with E-state index < -0.39 is 22.8 Å². The molecule has 1 unspecified atom stereocenters. The van der Waals surface area contributed by atoms with Gasteiger partial charge >= 0.3 is 11.7 Å². The lowest BCUT2D eigenvalue weighted by Crippen LogP contribution is -2.24. The molecule has 0 radical (unpaired) electrons. The molecule has 3 rings (SSSR count). The number of aryl methyl sites for hydroxylation is 1. The van der Waals surface area contributed by atoms with Gasteiger partial charge in [-0.15, -0.1) is 11.3 Å². The van der Waals surface area contributed by atoms with Crippen molar-refractivity contribution < 1.29 is 19.2 Å². The number of hydrogen-bond donors (Lipinski definition) is 1. The molecule has 150 valence electrons. The van der Waals surface area contributed by atoms with Crippen LogP contribution in [0.1, 0.15) is 60.0 Å². The quantitative estimate of drug-likeness (QED) is 0.340. The van der Waals surface area contributed by atoms with Crippen LogP contribution in [0.3, 0.4) is 0 Å². The van der Waals surface area contributed by atoms with Crippen molar-refractivity contribution in [3.63, 3.8) is 0 Å². The molecule has 2 aromatic rings. The van der Waals surface area contributed by atoms with Gasteiger partial charge in [0.05, 0.1) is 17.1 Å². The summed E-state index contributed by atoms with van der Waals surface area (Å²) in [7, 11) is 0. The number of esters is 1. The average Bonchev–Trinajstić information content (AvgIpc) is 3.21. The molecule has 0 fully saturated rings. The van der Waals surface area contributed by atoms with Gasteiger partial charge in [-0.2, -0.15) is 5.10 Å². The molecule has 0 saturated carbocycles. The number of ether oxygens (including phenoxy) is 1. The largest absolute Gasteiger partial charge is 0.462 e. The Bertz CT molecular complexity index is 904. The Morgan fingerprint density at radius 3 is 2.82 bits per heavy atom. The minimum Gasteiger partial charge on any atom is -0.462 e. The summed E-state index contributed by atoms with van der Waals surface area (Å²) in [6.07, 6.45) is 7.13. The van der Waals surface area contributed by atoms with Crippen molar-refractivity contribution >= 4 is 33.9 Å². The predicted molar refractivity (Wildman–Crippen MR) is 104 cm³/mol. The van der Waals surface area contributed by atoms with E-state index in [-0.39, 0.29) is 12.3 Å². The minimum atomic E-state index is -0.773. The lowest BCUT2D eigenvalue weighted by Gasteiger charge is -2.13. The zero-order chi connectivity index (χ0) is 20.3. The maximum absolute atomic E-state index is 12.7. The van der Waals surface area contributed by atoms with E-state index in [2.05, 4.69) is 10.4 Å². The zero-order valence-corrected chi connectivity index (χ0v) is 16.6. The van der Waals surface area contributed by atoms with Gasteiger partial charge in [-0.3, -0.25) is 19.6 Å². The molecule has 9 nitrogen and oxygen atoms in total. The number of rotatable bonds is 6. The molecule has 10 heteroatoms. The Morgan fingerprint density at radius 2 is 2.14 bits per heavy atom. The molecule has 2 heterocycles. The summed E-state index contributed by atoms with van der Waals surface area (Å²) in [6, 6.07) is -0.773. The van der Waals surface area contributed by atoms with Crippen molar-refractivity contribution in [3.8, 4) is 0 Å². The monoisotopic (exact) mass is 406 g/mol. The number of nitro groups is 1. The van der Waals surface area contributed by atoms with E-state index in [4.69, 9.17) is 4.74 Å². The van der Waals surface area contributed by atoms with Gasteiger partial charge in [0, 0.05) is 4.88 Å². The molecular weight excluding hydrogens is 384 g/mol. The number of fused-ring (bicyclic) bond motifs is 1. The number of anilines is 1. The number of carbonyl (C=O) groups is 2. The van der Waals surface area contributed by atoms with Crippen LogP contribution in [0.5, 0.6) is 0 Å². The van der Waals surface area contributed by atoms with Gasteiger partial charge in [-0.05, 0) is 45.1 Å². The first-order valence-corrected chi connectivity index (χ1v) is 10.0. The van der Waals surface area contributed by atoms with E-state index in [0.717, 1.165) is 48.7 Å². The molecule has 0 saturated heterocycles. The second-order valence-electron chi connectivity index (χ2n) is 6.59. The number of thiophene rings is 1. The van der Waals surface area contributed by atoms with Gasteiger partial charge < -0.3 is 10.1 Å². The molecule has 0 bridgehead atoms. The Hall–Kier alpha value is -2.75. The third-order valence-electron chi connectivity index (χ3n) is 4.71. The fourth-order valence-corrected chi connectivity index (χ4v) is 4.50. The zero-order valence-electron chi connectivity index (χ0n) is 15.8. The van der Waals surface area contributed by atoms with Crippen molar-refractivity contribution in [1.82, 2.24) is 9.78 Å². The van der Waals surface area contributed by atoms with Gasteiger partial charge in [-0.1, -0.05) is 6.42 Å². The van der Waals surface area contributed by atoms with Gasteiger partial charge in [0.25, 0.3) is 0 Å². The molecule has 1 amide bonds. The topological polar surface area (TPSA) is 116 Å². The Balaban J connectivity index is 1.86. The first-order valence-electron chi connectivity index (χ1n) is 9.23. The van der Waals surface area contributed by atoms with Crippen molar-refractivity contribution in [2.45, 2.75) is 52.0 Å². The van der Waals surface area contributed by atoms with E-state index in [0.29, 0.717) is 10.6 Å². The van der Waals surface area contributed by atoms with Crippen LogP contribution >= 0.6 is 11.3 Å². The maximum Gasteiger partial charge on any atom is 0.341 e. The van der Waals surface area contributed by atoms with E-state index in [1.165, 1.54) is 22.2 Å². The van der Waals surface area contributed by atoms with Crippen LogP contribution in [0.2, 0.25) is 0 Å². The fourth-order valence-electron chi connectivity index (χ4n) is 3.22. The summed E-state index contributed by atoms with van der Waals surface area (Å²) < 4.78 is 6.45. The molecule has 1 atom stereocenters. The molecule has 0 aliphatic heterocycles. The highest BCUT2D eigenvalue weighted by Gasteiger charge is 2.28. The standard InChI is InChI=1S/C18H22N4O5S/c1-3-27-18(24)15-13-7-5-4-6-8-14(13)28-17(15)20-16(23)11(2)21-10-12(9-19-21)22(25)26/h9-11H,3-8H2,1-2H3,(H,20,23). The van der Waals surface area contributed by atoms with Crippen LogP contribution in [-0.2, 0) is 22.4 Å². The van der Waals surface area contributed by atoms with Crippen LogP contribution in [-0.4, -0.2) is 33.2 Å². The molecule has 0 spiro atoms. The van der Waals surface area contributed by atoms with Gasteiger partial charge in [0.2, 0.25) is 5.91 Å². The molecule has 28 heavy (non-hydrogen) atoms. The van der Waals surface area contributed by atoms with Crippen molar-refractivity contribution in [2.75, 3.05) is 11.9 Å². The SMILES string of the molecule is CCOC(=O)c1c(NC(=O)C(C)n2cc([N+](=O)[O-])cn2)sc2c1CCCCC2. The Kier molecular flexibility index (Phi) is 6.08. The molecule has 2 aromatic heterocycles. The Morgan fingerprint density at radius 1 is 1.39 bits per heavy atom. The third-order valence-corrected chi connectivity index (χ3v) is 5.92. The van der Waals surface area contributed by atoms with E-state index in [1.54, 1.807) is 13.8 Å². The lowest BCUT2D eigenvalue weighted by molar-refractivity contribution is -0.385. The number of nitrogens with one attached hydrogen (secondary N) is 1. The number of aromatic nitrogens is 2. The van der Waals surface area contributed by atoms with Crippen LogP contribution in [0, 0.1) is 10.1 Å². The minimum absolute atomic E-state index is 0.185. The summed E-state index contributed by atoms with van der Waals surface area (Å²) in [5.41, 5.74) is 1.23. The van der Waals surface area contributed by atoms with E-state index >= 15 is 0 Å². The molecule has 1 aliphatic carbocycles. The van der Waals surface area contributed by atoms with Crippen LogP contribution in [0.25, 0.3) is 0 Å². The first kappa shape index (κ1) is 20.0. The highest BCUT2D eigenvalue weighted by atomic mass is 32.1. The molecule has 1 N–H and O–H groups in total. The highest BCUT2D eigenvalue weighted by molar-refractivity contribution is 7.17. The number of hydrogen-bond acceptors (Lipinski definition) is 7. The lowest BCUT2D eigenvalue weighted by atomic mass is 10.1. The second kappa shape index (κ2) is 8.51. The average molecular weight is 406 g/mol. The fraction of sp³-hybridized carbons (Fsp3) is 0.500. The van der Waals surface area contributed by atoms with Crippen molar-refractivity contribution in [3.05, 3.63) is 38.5 Å². The number of amides is 1. The number of nitrogens with zero attached hydrogens (tertiary/aromatic N) is 3. The predicted octanol–water partition coefficient (Wildman–Crippen LogP) is 3.50. The number of carbonyl (C=O) groups excluding carboxylic acids is 2. The molecule has 0 aromatic carbocycles. The molecular formula is C18H22N4O5S. The van der Waals surface area contributed by atoms with E-state index in [1.807, 2.05) is 0 Å². The Labute approximate surface area is 165 Å². The van der Waals surface area contributed by atoms with E-state index in [9.17, 15) is 19.7 Å². The van der Waals surface area contributed by atoms with Gasteiger partial charge in [0.15, 0.2) is 0 Å². The van der Waals surface area contributed by atoms with Crippen molar-refractivity contribution in [1.29, 1.82) is 0 Å². The summed E-state index contributed by atoms with van der Waals surface area (Å²) in [6.45, 7) is 3.59. The summed E-state index contributed by atoms with van der Waals surface area (Å²) in [5, 5.41) is 18.0. The third kappa shape index (κ3) is 4.06. The van der Waals surface area contributed by atoms with Crippen molar-refractivity contribution in [2.24, 2.45) is 0 Å². The summed E-state index contributed by atoms with van der Waals surface area (Å²) in [4.78, 5) is 36.6. The first-order chi connectivity index (χ1) is 13.4. The molecule has 1 aliphatic rings. The second-order valence-corrected chi connectivity index (χ2v) is 7.70. The van der Waals surface area contributed by atoms with Crippen LogP contribution in [0.4, 0.5) is 10.7 Å². The summed E-state index contributed by atoms with van der Waals surface area (Å²) >= 11 is 1.41. The highest BCUT2D eigenvalue weighted by Crippen LogP contribution is 2.38. The van der Waals surface area contributed by atoms with Crippen LogP contribution in [0.15, 0.2) is 12.4 Å². The smallest absolute Gasteiger partial charge is 0.341 e. The van der Waals surface area contributed by atoms with Gasteiger partial charge in [-0.25, -0.2) is 4.79 Å². The normalized spacial score (nSPS) is 14.6. The van der Waals surface area contributed by atoms with Gasteiger partial charge in [0.1, 0.15) is 23.4 Å². The van der Waals surface area contributed by atoms with Crippen LogP contribution < -0.4 is 5.32 Å².